The van der Waals surface area contributed by atoms with Crippen LogP contribution in [0.15, 0.2) is 30.3 Å². The second-order valence-corrected chi connectivity index (χ2v) is 6.27. The van der Waals surface area contributed by atoms with Gasteiger partial charge in [-0.15, -0.1) is 0 Å². The largest absolute Gasteiger partial charge is 0.481 e. The molecule has 0 aliphatic rings. The highest BCUT2D eigenvalue weighted by Crippen LogP contribution is 2.13. The summed E-state index contributed by atoms with van der Waals surface area (Å²) in [7, 11) is 0. The molecule has 2 unspecified atom stereocenters. The van der Waals surface area contributed by atoms with Crippen molar-refractivity contribution in [1.82, 2.24) is 5.32 Å². The van der Waals surface area contributed by atoms with E-state index in [1.165, 1.54) is 0 Å². The van der Waals surface area contributed by atoms with Crippen LogP contribution in [-0.4, -0.2) is 51.1 Å². The zero-order chi connectivity index (χ0) is 21.8. The van der Waals surface area contributed by atoms with Crippen molar-refractivity contribution in [2.24, 2.45) is 5.92 Å². The molecule has 158 valence electrons. The van der Waals surface area contributed by atoms with Crippen LogP contribution in [0.2, 0.25) is 0 Å². The predicted octanol–water partition coefficient (Wildman–Crippen LogP) is 1.04. The lowest BCUT2D eigenvalue weighted by molar-refractivity contribution is -0.160. The average Bonchev–Trinajstić information content (AvgIpc) is 2.66. The number of amides is 1. The second-order valence-electron chi connectivity index (χ2n) is 6.27. The normalized spacial score (nSPS) is 12.4. The number of hydrogen-bond acceptors (Lipinski definition) is 6. The molecular formula is C19H23NO9. The molecule has 0 spiro atoms. The van der Waals surface area contributed by atoms with Crippen LogP contribution in [0.25, 0.3) is 0 Å². The molecule has 1 aromatic rings. The molecule has 0 saturated carbocycles. The van der Waals surface area contributed by atoms with Gasteiger partial charge in [0.05, 0.1) is 0 Å². The maximum Gasteiger partial charge on any atom is 0.326 e. The number of rotatable bonds is 13. The molecule has 0 aliphatic carbocycles. The molecule has 1 amide bonds. The molecule has 0 fully saturated rings. The van der Waals surface area contributed by atoms with Gasteiger partial charge < -0.3 is 25.4 Å². The van der Waals surface area contributed by atoms with E-state index in [-0.39, 0.29) is 32.3 Å². The average molecular weight is 409 g/mol. The minimum absolute atomic E-state index is 0.00844. The van der Waals surface area contributed by atoms with E-state index in [0.717, 1.165) is 0 Å². The highest BCUT2D eigenvalue weighted by molar-refractivity contribution is 5.94. The van der Waals surface area contributed by atoms with Crippen molar-refractivity contribution < 1.29 is 44.0 Å². The number of hydrogen-bond donors (Lipinski definition) is 4. The van der Waals surface area contributed by atoms with E-state index >= 15 is 0 Å². The Labute approximate surface area is 166 Å². The number of carbonyl (C=O) groups excluding carboxylic acids is 2. The van der Waals surface area contributed by atoms with Crippen molar-refractivity contribution in [3.63, 3.8) is 0 Å². The summed E-state index contributed by atoms with van der Waals surface area (Å²) in [5.74, 6) is -6.99. The summed E-state index contributed by atoms with van der Waals surface area (Å²) in [5.41, 5.74) is 0.699. The molecule has 0 aromatic heterocycles. The Kier molecular flexibility index (Phi) is 9.86. The number of esters is 1. The van der Waals surface area contributed by atoms with Gasteiger partial charge in [-0.1, -0.05) is 30.3 Å². The molecular weight excluding hydrogens is 386 g/mol. The number of benzene rings is 1. The van der Waals surface area contributed by atoms with Crippen LogP contribution in [-0.2, 0) is 35.3 Å². The molecule has 0 radical (unpaired) electrons. The van der Waals surface area contributed by atoms with Gasteiger partial charge in [-0.2, -0.15) is 0 Å². The van der Waals surface area contributed by atoms with Gasteiger partial charge in [0.25, 0.3) is 0 Å². The standard InChI is InChI=1S/C19H23NO9/c21-15(20-14(18(26)27)9-10-16(22)23)8-4-7-13(17(24)25)19(28)29-11-12-5-2-1-3-6-12/h1-3,5-6,13-14H,4,7-11H2,(H,20,21)(H,22,23)(H,24,25)(H,26,27). The van der Waals surface area contributed by atoms with Crippen molar-refractivity contribution in [3.05, 3.63) is 35.9 Å². The Hall–Kier alpha value is -3.43. The van der Waals surface area contributed by atoms with Crippen LogP contribution < -0.4 is 5.32 Å². The summed E-state index contributed by atoms with van der Waals surface area (Å²) < 4.78 is 5.01. The molecule has 0 heterocycles. The summed E-state index contributed by atoms with van der Waals surface area (Å²) in [6.45, 7) is -0.0756. The van der Waals surface area contributed by atoms with Gasteiger partial charge in [0.1, 0.15) is 12.6 Å². The van der Waals surface area contributed by atoms with E-state index in [2.05, 4.69) is 5.32 Å². The highest BCUT2D eigenvalue weighted by atomic mass is 16.5. The van der Waals surface area contributed by atoms with Crippen molar-refractivity contribution >= 4 is 29.8 Å². The van der Waals surface area contributed by atoms with Gasteiger partial charge in [-0.25, -0.2) is 4.79 Å². The van der Waals surface area contributed by atoms with E-state index in [0.29, 0.717) is 5.56 Å². The first-order valence-electron chi connectivity index (χ1n) is 8.88. The Balaban J connectivity index is 2.47. The van der Waals surface area contributed by atoms with Crippen molar-refractivity contribution in [2.45, 2.75) is 44.8 Å². The Morgan fingerprint density at radius 2 is 1.55 bits per heavy atom. The molecule has 10 heteroatoms. The number of carboxylic acids is 3. The number of nitrogens with one attached hydrogen (secondary N) is 1. The van der Waals surface area contributed by atoms with Crippen molar-refractivity contribution in [1.29, 1.82) is 0 Å². The lowest BCUT2D eigenvalue weighted by Gasteiger charge is -2.14. The van der Waals surface area contributed by atoms with Crippen LogP contribution in [0.4, 0.5) is 0 Å². The molecule has 1 aromatic carbocycles. The zero-order valence-corrected chi connectivity index (χ0v) is 15.6. The lowest BCUT2D eigenvalue weighted by Crippen LogP contribution is -2.41. The maximum absolute atomic E-state index is 12.0. The number of ether oxygens (including phenoxy) is 1. The summed E-state index contributed by atoms with van der Waals surface area (Å²) in [6.07, 6.45) is -1.07. The van der Waals surface area contributed by atoms with Gasteiger partial charge in [0.15, 0.2) is 5.92 Å². The topological polar surface area (TPSA) is 167 Å². The summed E-state index contributed by atoms with van der Waals surface area (Å²) >= 11 is 0. The second kappa shape index (κ2) is 12.1. The fourth-order valence-corrected chi connectivity index (χ4v) is 2.43. The van der Waals surface area contributed by atoms with E-state index in [9.17, 15) is 29.1 Å². The zero-order valence-electron chi connectivity index (χ0n) is 15.6. The highest BCUT2D eigenvalue weighted by Gasteiger charge is 2.28. The van der Waals surface area contributed by atoms with Gasteiger partial charge in [-0.05, 0) is 24.8 Å². The van der Waals surface area contributed by atoms with E-state index in [1.54, 1.807) is 30.3 Å². The Bertz CT molecular complexity index is 732. The van der Waals surface area contributed by atoms with E-state index < -0.39 is 48.2 Å². The first-order chi connectivity index (χ1) is 13.7. The third-order valence-corrected chi connectivity index (χ3v) is 3.98. The van der Waals surface area contributed by atoms with Gasteiger partial charge in [-0.3, -0.25) is 19.2 Å². The van der Waals surface area contributed by atoms with Crippen LogP contribution in [0.5, 0.6) is 0 Å². The number of carboxylic acid groups (broad SMARTS) is 3. The van der Waals surface area contributed by atoms with Crippen molar-refractivity contribution in [3.8, 4) is 0 Å². The van der Waals surface area contributed by atoms with E-state index in [4.69, 9.17) is 14.9 Å². The third kappa shape index (κ3) is 9.36. The van der Waals surface area contributed by atoms with Gasteiger partial charge in [0.2, 0.25) is 5.91 Å². The SMILES string of the molecule is O=C(O)CCC(NC(=O)CCCC(C(=O)O)C(=O)OCc1ccccc1)C(=O)O. The molecule has 0 saturated heterocycles. The number of carbonyl (C=O) groups is 5. The quantitative estimate of drug-likeness (QED) is 0.275. The maximum atomic E-state index is 12.0. The van der Waals surface area contributed by atoms with Crippen LogP contribution in [0.1, 0.15) is 37.7 Å². The Morgan fingerprint density at radius 1 is 0.897 bits per heavy atom. The monoisotopic (exact) mass is 409 g/mol. The van der Waals surface area contributed by atoms with Crippen LogP contribution in [0, 0.1) is 5.92 Å². The molecule has 1 rings (SSSR count). The van der Waals surface area contributed by atoms with Gasteiger partial charge >= 0.3 is 23.9 Å². The smallest absolute Gasteiger partial charge is 0.326 e. The Morgan fingerprint density at radius 3 is 2.10 bits per heavy atom. The van der Waals surface area contributed by atoms with Crippen LogP contribution >= 0.6 is 0 Å². The van der Waals surface area contributed by atoms with Gasteiger partial charge in [0, 0.05) is 12.8 Å². The third-order valence-electron chi connectivity index (χ3n) is 3.98. The number of aliphatic carboxylic acids is 3. The summed E-state index contributed by atoms with van der Waals surface area (Å²) in [4.78, 5) is 56.7. The fourth-order valence-electron chi connectivity index (χ4n) is 2.43. The lowest BCUT2D eigenvalue weighted by atomic mass is 10.0. The molecule has 0 bridgehead atoms. The minimum Gasteiger partial charge on any atom is -0.481 e. The summed E-state index contributed by atoms with van der Waals surface area (Å²) in [6, 6.07) is 7.36. The molecule has 0 aliphatic heterocycles. The molecule has 2 atom stereocenters. The van der Waals surface area contributed by atoms with E-state index in [1.807, 2.05) is 0 Å². The fraction of sp³-hybridized carbons (Fsp3) is 0.421. The first-order valence-corrected chi connectivity index (χ1v) is 8.88. The van der Waals surface area contributed by atoms with Crippen LogP contribution in [0.3, 0.4) is 0 Å². The minimum atomic E-state index is -1.45. The first kappa shape index (κ1) is 23.6. The molecule has 29 heavy (non-hydrogen) atoms. The van der Waals surface area contributed by atoms with Crippen molar-refractivity contribution in [2.75, 3.05) is 0 Å². The summed E-state index contributed by atoms with van der Waals surface area (Å²) in [5, 5.41) is 29.0. The molecule has 10 nitrogen and oxygen atoms in total. The molecule has 4 N–H and O–H groups in total. The predicted molar refractivity (Wildman–Crippen MR) is 97.7 cm³/mol.